The number of hydrogen-bond acceptors (Lipinski definition) is 3. The number of allylic oxidation sites excluding steroid dienone is 1. The van der Waals surface area contributed by atoms with E-state index in [0.717, 1.165) is 6.42 Å². The number of rotatable bonds is 2. The molecule has 0 bridgehead atoms. The Hall–Kier alpha value is -0.873. The summed E-state index contributed by atoms with van der Waals surface area (Å²) in [4.78, 5) is 12.4. The van der Waals surface area contributed by atoms with Crippen LogP contribution in [-0.4, -0.2) is 26.0 Å². The first kappa shape index (κ1) is 16.6. The van der Waals surface area contributed by atoms with Crippen LogP contribution in [0.3, 0.4) is 0 Å². The molecular weight excluding hydrogens is 316 g/mol. The fourth-order valence-corrected chi connectivity index (χ4v) is 6.93. The second-order valence-corrected chi connectivity index (χ2v) is 15.0. The van der Waals surface area contributed by atoms with Crippen molar-refractivity contribution in [3.8, 4) is 0 Å². The van der Waals surface area contributed by atoms with Crippen molar-refractivity contribution in [1.82, 2.24) is 0 Å². The molecule has 4 rings (SSSR count). The fourth-order valence-electron chi connectivity index (χ4n) is 5.52. The van der Waals surface area contributed by atoms with E-state index in [4.69, 9.17) is 9.16 Å². The number of esters is 1. The zero-order valence-corrected chi connectivity index (χ0v) is 17.0. The summed E-state index contributed by atoms with van der Waals surface area (Å²) in [6.07, 6.45) is 10.3. The Labute approximate surface area is 146 Å². The van der Waals surface area contributed by atoms with E-state index in [1.807, 2.05) is 0 Å². The van der Waals surface area contributed by atoms with Gasteiger partial charge >= 0.3 is 5.97 Å². The molecule has 1 heterocycles. The van der Waals surface area contributed by atoms with Crippen LogP contribution in [0.15, 0.2) is 24.3 Å². The summed E-state index contributed by atoms with van der Waals surface area (Å²) in [5, 5.41) is 0.143. The van der Waals surface area contributed by atoms with Gasteiger partial charge in [-0.15, -0.1) is 0 Å². The highest BCUT2D eigenvalue weighted by Gasteiger charge is 2.85. The SMILES string of the molecule is CC(C)(C)[Si](C)(C)O[C@@H]1[C@]23CC=C[C@]2(OC(=O)C3)[C@]2(C)C=C[C@]12C. The van der Waals surface area contributed by atoms with Crippen LogP contribution in [0, 0.1) is 16.2 Å². The van der Waals surface area contributed by atoms with Crippen LogP contribution in [0.25, 0.3) is 0 Å². The molecule has 4 aliphatic rings. The summed E-state index contributed by atoms with van der Waals surface area (Å²) in [7, 11) is -1.97. The molecule has 0 aromatic rings. The Morgan fingerprint density at radius 3 is 2.42 bits per heavy atom. The molecule has 132 valence electrons. The molecule has 1 saturated heterocycles. The minimum absolute atomic E-state index is 0.0299. The summed E-state index contributed by atoms with van der Waals surface area (Å²) in [5.74, 6) is -0.0632. The predicted molar refractivity (Wildman–Crippen MR) is 97.1 cm³/mol. The van der Waals surface area contributed by atoms with Gasteiger partial charge in [0, 0.05) is 10.8 Å². The molecule has 0 aromatic carbocycles. The lowest BCUT2D eigenvalue weighted by Crippen LogP contribution is -2.55. The first-order chi connectivity index (χ1) is 10.9. The number of hydrogen-bond donors (Lipinski definition) is 0. The van der Waals surface area contributed by atoms with Crippen LogP contribution < -0.4 is 0 Å². The Morgan fingerprint density at radius 1 is 1.21 bits per heavy atom. The van der Waals surface area contributed by atoms with Gasteiger partial charge in [-0.25, -0.2) is 0 Å². The maximum absolute atomic E-state index is 12.4. The van der Waals surface area contributed by atoms with Crippen molar-refractivity contribution >= 4 is 14.3 Å². The summed E-state index contributed by atoms with van der Waals surface area (Å²) < 4.78 is 13.1. The highest BCUT2D eigenvalue weighted by atomic mass is 28.4. The molecule has 2 fully saturated rings. The van der Waals surface area contributed by atoms with E-state index in [2.05, 4.69) is 72.0 Å². The molecule has 24 heavy (non-hydrogen) atoms. The molecule has 3 aliphatic carbocycles. The van der Waals surface area contributed by atoms with E-state index in [0.29, 0.717) is 6.42 Å². The first-order valence-electron chi connectivity index (χ1n) is 9.13. The van der Waals surface area contributed by atoms with Gasteiger partial charge < -0.3 is 9.16 Å². The van der Waals surface area contributed by atoms with Gasteiger partial charge in [0.05, 0.1) is 17.9 Å². The van der Waals surface area contributed by atoms with Gasteiger partial charge in [0.25, 0.3) is 0 Å². The van der Waals surface area contributed by atoms with Crippen molar-refractivity contribution in [3.05, 3.63) is 24.3 Å². The lowest BCUT2D eigenvalue weighted by molar-refractivity contribution is -0.155. The maximum atomic E-state index is 12.4. The van der Waals surface area contributed by atoms with Crippen LogP contribution >= 0.6 is 0 Å². The number of carbonyl (C=O) groups excluding carboxylic acids is 1. The van der Waals surface area contributed by atoms with Gasteiger partial charge in [-0.2, -0.15) is 0 Å². The van der Waals surface area contributed by atoms with E-state index >= 15 is 0 Å². The van der Waals surface area contributed by atoms with Crippen LogP contribution in [0.1, 0.15) is 47.5 Å². The zero-order chi connectivity index (χ0) is 17.8. The van der Waals surface area contributed by atoms with Crippen LogP contribution in [0.2, 0.25) is 18.1 Å². The second kappa shape index (κ2) is 4.09. The number of ether oxygens (including phenoxy) is 1. The van der Waals surface area contributed by atoms with E-state index in [9.17, 15) is 4.79 Å². The molecule has 0 spiro atoms. The van der Waals surface area contributed by atoms with Crippen LogP contribution in [-0.2, 0) is 14.0 Å². The molecule has 0 unspecified atom stereocenters. The van der Waals surface area contributed by atoms with E-state index in [1.54, 1.807) is 0 Å². The molecule has 0 N–H and O–H groups in total. The van der Waals surface area contributed by atoms with Gasteiger partial charge in [-0.05, 0) is 30.6 Å². The van der Waals surface area contributed by atoms with Crippen LogP contribution in [0.4, 0.5) is 0 Å². The molecule has 0 amide bonds. The Bertz CT molecular complexity index is 687. The molecular formula is C20H30O3Si. The lowest BCUT2D eigenvalue weighted by Gasteiger charge is -2.53. The third-order valence-electron chi connectivity index (χ3n) is 8.23. The van der Waals surface area contributed by atoms with Crippen molar-refractivity contribution in [2.75, 3.05) is 0 Å². The topological polar surface area (TPSA) is 35.5 Å². The standard InChI is InChI=1S/C20H30O3Si/c1-16(2,3)24(6,7)23-15-17(4)11-12-18(17,5)20-10-8-9-19(15,20)13-14(21)22-20/h8,10-12,15H,9,13H2,1-7H3/t15-,17+,18+,19+,20-/m0/s1. The molecule has 1 aliphatic heterocycles. The first-order valence-corrected chi connectivity index (χ1v) is 12.0. The third kappa shape index (κ3) is 1.44. The average Bonchev–Trinajstić information content (AvgIpc) is 2.94. The maximum Gasteiger partial charge on any atom is 0.307 e. The normalized spacial score (nSPS) is 48.8. The predicted octanol–water partition coefficient (Wildman–Crippen LogP) is 4.60. The molecule has 1 saturated carbocycles. The minimum Gasteiger partial charge on any atom is -0.453 e. The lowest BCUT2D eigenvalue weighted by atomic mass is 9.54. The summed E-state index contributed by atoms with van der Waals surface area (Å²) in [6, 6.07) is 0. The monoisotopic (exact) mass is 346 g/mol. The van der Waals surface area contributed by atoms with E-state index < -0.39 is 13.9 Å². The summed E-state index contributed by atoms with van der Waals surface area (Å²) in [6.45, 7) is 16.0. The third-order valence-corrected chi connectivity index (χ3v) is 12.7. The largest absolute Gasteiger partial charge is 0.453 e. The Kier molecular flexibility index (Phi) is 2.83. The second-order valence-electron chi connectivity index (χ2n) is 10.2. The Morgan fingerprint density at radius 2 is 1.88 bits per heavy atom. The van der Waals surface area contributed by atoms with Gasteiger partial charge in [0.1, 0.15) is 5.60 Å². The average molecular weight is 347 g/mol. The zero-order valence-electron chi connectivity index (χ0n) is 16.0. The van der Waals surface area contributed by atoms with Crippen molar-refractivity contribution in [1.29, 1.82) is 0 Å². The molecule has 5 atom stereocenters. The van der Waals surface area contributed by atoms with Gasteiger partial charge in [0.15, 0.2) is 8.32 Å². The molecule has 0 aromatic heterocycles. The Balaban J connectivity index is 1.86. The van der Waals surface area contributed by atoms with Crippen molar-refractivity contribution in [2.24, 2.45) is 16.2 Å². The smallest absolute Gasteiger partial charge is 0.307 e. The molecule has 4 heteroatoms. The minimum atomic E-state index is -1.97. The van der Waals surface area contributed by atoms with Crippen LogP contribution in [0.5, 0.6) is 0 Å². The summed E-state index contributed by atoms with van der Waals surface area (Å²) >= 11 is 0. The quantitative estimate of drug-likeness (QED) is 0.416. The van der Waals surface area contributed by atoms with E-state index in [1.165, 1.54) is 0 Å². The van der Waals surface area contributed by atoms with Crippen molar-refractivity contribution in [2.45, 2.75) is 77.3 Å². The fraction of sp³-hybridized carbons (Fsp3) is 0.750. The van der Waals surface area contributed by atoms with Crippen molar-refractivity contribution < 1.29 is 14.0 Å². The van der Waals surface area contributed by atoms with Gasteiger partial charge in [-0.3, -0.25) is 4.79 Å². The number of fused-ring (bicyclic) bond motifs is 1. The summed E-state index contributed by atoms with van der Waals surface area (Å²) in [5.41, 5.74) is -1.01. The van der Waals surface area contributed by atoms with Gasteiger partial charge in [0.2, 0.25) is 0 Å². The highest BCUT2D eigenvalue weighted by molar-refractivity contribution is 6.74. The highest BCUT2D eigenvalue weighted by Crippen LogP contribution is 2.79. The van der Waals surface area contributed by atoms with E-state index in [-0.39, 0.29) is 33.4 Å². The molecule has 3 nitrogen and oxygen atoms in total. The number of carbonyl (C=O) groups is 1. The van der Waals surface area contributed by atoms with Gasteiger partial charge in [-0.1, -0.05) is 52.8 Å². The molecule has 0 radical (unpaired) electrons. The van der Waals surface area contributed by atoms with Crippen molar-refractivity contribution in [3.63, 3.8) is 0 Å².